The Labute approximate surface area is 161 Å². The van der Waals surface area contributed by atoms with Crippen molar-refractivity contribution in [1.82, 2.24) is 4.90 Å². The summed E-state index contributed by atoms with van der Waals surface area (Å²) in [5.41, 5.74) is 0. The number of hydrogen-bond donors (Lipinski definition) is 1. The van der Waals surface area contributed by atoms with Gasteiger partial charge in [-0.2, -0.15) is 0 Å². The molecule has 0 radical (unpaired) electrons. The van der Waals surface area contributed by atoms with Gasteiger partial charge in [0.2, 0.25) is 0 Å². The normalized spacial score (nSPS) is 41.4. The Morgan fingerprint density at radius 1 is 0.963 bits per heavy atom. The second-order valence-corrected chi connectivity index (χ2v) is 8.91. The zero-order chi connectivity index (χ0) is 19.2. The molecule has 4 aliphatic heterocycles. The monoisotopic (exact) mass is 387 g/mol. The summed E-state index contributed by atoms with van der Waals surface area (Å²) in [6.07, 6.45) is 0.164. The Morgan fingerprint density at radius 3 is 2.33 bits per heavy atom. The molecule has 0 aromatic carbocycles. The fourth-order valence-electron chi connectivity index (χ4n) is 4.46. The molecular weight excluding hydrogens is 354 g/mol. The molecule has 4 saturated heterocycles. The first kappa shape index (κ1) is 20.0. The molecule has 4 rings (SSSR count). The number of fused-ring (bicyclic) bond motifs is 3. The molecule has 6 atom stereocenters. The van der Waals surface area contributed by atoms with Crippen molar-refractivity contribution in [1.29, 1.82) is 0 Å². The van der Waals surface area contributed by atoms with E-state index in [4.69, 9.17) is 28.4 Å². The Hall–Kier alpha value is -0.320. The number of rotatable bonds is 6. The number of likely N-dealkylation sites (tertiary alicyclic amines) is 1. The maximum absolute atomic E-state index is 10.2. The molecule has 0 aromatic heterocycles. The highest BCUT2D eigenvalue weighted by Gasteiger charge is 2.60. The number of β-amino-alcohol motifs (C(OH)–C–C–N with tert-alkyl or cyclic N) is 1. The van der Waals surface area contributed by atoms with E-state index in [9.17, 15) is 5.11 Å². The minimum Gasteiger partial charge on any atom is -0.389 e. The Kier molecular flexibility index (Phi) is 5.55. The number of nitrogens with zero attached hydrogens (tertiary/aromatic N) is 1. The summed E-state index contributed by atoms with van der Waals surface area (Å²) in [5, 5.41) is 10.2. The van der Waals surface area contributed by atoms with Crippen molar-refractivity contribution in [2.45, 2.75) is 88.9 Å². The van der Waals surface area contributed by atoms with Crippen LogP contribution in [0, 0.1) is 0 Å². The Bertz CT molecular complexity index is 522. The summed E-state index contributed by atoms with van der Waals surface area (Å²) in [4.78, 5) is 2.27. The van der Waals surface area contributed by atoms with E-state index in [1.165, 1.54) is 12.8 Å². The molecule has 8 heteroatoms. The predicted octanol–water partition coefficient (Wildman–Crippen LogP) is 0.856. The second-order valence-electron chi connectivity index (χ2n) is 8.91. The van der Waals surface area contributed by atoms with Gasteiger partial charge in [-0.25, -0.2) is 0 Å². The van der Waals surface area contributed by atoms with E-state index >= 15 is 0 Å². The third-order valence-corrected chi connectivity index (χ3v) is 5.51. The van der Waals surface area contributed by atoms with Crippen LogP contribution in [-0.2, 0) is 28.4 Å². The van der Waals surface area contributed by atoms with E-state index in [0.29, 0.717) is 13.2 Å². The average Bonchev–Trinajstić information content (AvgIpc) is 3.23. The number of aliphatic hydroxyl groups is 1. The largest absolute Gasteiger partial charge is 0.389 e. The lowest BCUT2D eigenvalue weighted by molar-refractivity contribution is -0.244. The van der Waals surface area contributed by atoms with Crippen molar-refractivity contribution >= 4 is 0 Å². The van der Waals surface area contributed by atoms with Crippen molar-refractivity contribution in [2.75, 3.05) is 32.8 Å². The first-order valence-corrected chi connectivity index (χ1v) is 10.1. The molecule has 0 bridgehead atoms. The SMILES string of the molecule is CC1(C)O[C@H]2OC(COCC(O)CN3CCCC3)[C@@H]3OC(C)(C)O[C@@H]3[C@H]2O1. The fourth-order valence-corrected chi connectivity index (χ4v) is 4.46. The molecular formula is C19H33NO7. The quantitative estimate of drug-likeness (QED) is 0.719. The molecule has 156 valence electrons. The standard InChI is InChI=1S/C19H33NO7/c1-18(2)24-14-13(11-22-10-12(21)9-20-7-5-6-8-20)23-17-16(15(14)25-18)26-19(3,4)27-17/h12-17,21H,5-11H2,1-4H3/t12?,13?,14-,15-,16+,17+/m0/s1. The first-order valence-electron chi connectivity index (χ1n) is 10.1. The van der Waals surface area contributed by atoms with Gasteiger partial charge in [0.1, 0.15) is 24.4 Å². The van der Waals surface area contributed by atoms with Crippen LogP contribution in [0.5, 0.6) is 0 Å². The first-order chi connectivity index (χ1) is 12.7. The van der Waals surface area contributed by atoms with Gasteiger partial charge >= 0.3 is 0 Å². The number of hydrogen-bond acceptors (Lipinski definition) is 8. The lowest BCUT2D eigenvalue weighted by Crippen LogP contribution is -2.56. The molecule has 4 aliphatic rings. The van der Waals surface area contributed by atoms with Crippen LogP contribution in [0.3, 0.4) is 0 Å². The lowest BCUT2D eigenvalue weighted by atomic mass is 9.99. The molecule has 0 aromatic rings. The van der Waals surface area contributed by atoms with E-state index in [0.717, 1.165) is 13.1 Å². The van der Waals surface area contributed by atoms with Gasteiger partial charge in [-0.05, 0) is 53.6 Å². The van der Waals surface area contributed by atoms with Gasteiger partial charge in [0.05, 0.1) is 19.3 Å². The number of ether oxygens (including phenoxy) is 6. The van der Waals surface area contributed by atoms with Crippen LogP contribution in [0.2, 0.25) is 0 Å². The van der Waals surface area contributed by atoms with Crippen LogP contribution in [0.1, 0.15) is 40.5 Å². The van der Waals surface area contributed by atoms with Crippen LogP contribution in [0.15, 0.2) is 0 Å². The van der Waals surface area contributed by atoms with Crippen LogP contribution < -0.4 is 0 Å². The summed E-state index contributed by atoms with van der Waals surface area (Å²) in [6, 6.07) is 0. The van der Waals surface area contributed by atoms with E-state index < -0.39 is 24.0 Å². The smallest absolute Gasteiger partial charge is 0.190 e. The molecule has 4 fully saturated rings. The van der Waals surface area contributed by atoms with Crippen molar-refractivity contribution in [3.8, 4) is 0 Å². The van der Waals surface area contributed by atoms with Crippen LogP contribution in [-0.4, -0.2) is 91.2 Å². The van der Waals surface area contributed by atoms with Crippen molar-refractivity contribution in [3.63, 3.8) is 0 Å². The molecule has 27 heavy (non-hydrogen) atoms. The van der Waals surface area contributed by atoms with Gasteiger partial charge in [0.25, 0.3) is 0 Å². The predicted molar refractivity (Wildman–Crippen MR) is 95.0 cm³/mol. The Morgan fingerprint density at radius 2 is 1.59 bits per heavy atom. The summed E-state index contributed by atoms with van der Waals surface area (Å²) in [5.74, 6) is -1.44. The highest BCUT2D eigenvalue weighted by molar-refractivity contribution is 5.00. The average molecular weight is 387 g/mol. The van der Waals surface area contributed by atoms with Crippen molar-refractivity contribution in [2.24, 2.45) is 0 Å². The van der Waals surface area contributed by atoms with Gasteiger partial charge in [-0.15, -0.1) is 0 Å². The molecule has 0 amide bonds. The lowest BCUT2D eigenvalue weighted by Gasteiger charge is -2.37. The topological polar surface area (TPSA) is 78.9 Å². The van der Waals surface area contributed by atoms with E-state index in [2.05, 4.69) is 4.90 Å². The highest BCUT2D eigenvalue weighted by atomic mass is 16.9. The molecule has 4 heterocycles. The van der Waals surface area contributed by atoms with Crippen LogP contribution in [0.25, 0.3) is 0 Å². The van der Waals surface area contributed by atoms with Gasteiger partial charge in [-0.1, -0.05) is 0 Å². The summed E-state index contributed by atoms with van der Waals surface area (Å²) in [7, 11) is 0. The van der Waals surface area contributed by atoms with E-state index in [1.807, 2.05) is 27.7 Å². The molecule has 0 spiro atoms. The van der Waals surface area contributed by atoms with E-state index in [-0.39, 0.29) is 31.0 Å². The summed E-state index contributed by atoms with van der Waals surface area (Å²) < 4.78 is 35.9. The van der Waals surface area contributed by atoms with Crippen molar-refractivity contribution < 1.29 is 33.5 Å². The van der Waals surface area contributed by atoms with Gasteiger partial charge < -0.3 is 38.4 Å². The van der Waals surface area contributed by atoms with Gasteiger partial charge in [0, 0.05) is 6.54 Å². The maximum Gasteiger partial charge on any atom is 0.190 e. The van der Waals surface area contributed by atoms with Gasteiger partial charge in [-0.3, -0.25) is 0 Å². The molecule has 1 N–H and O–H groups in total. The molecule has 0 saturated carbocycles. The third-order valence-electron chi connectivity index (χ3n) is 5.51. The fraction of sp³-hybridized carbons (Fsp3) is 1.00. The van der Waals surface area contributed by atoms with Crippen molar-refractivity contribution in [3.05, 3.63) is 0 Å². The van der Waals surface area contributed by atoms with Crippen LogP contribution in [0.4, 0.5) is 0 Å². The second kappa shape index (κ2) is 7.50. The molecule has 8 nitrogen and oxygen atoms in total. The highest BCUT2D eigenvalue weighted by Crippen LogP contribution is 2.44. The summed E-state index contributed by atoms with van der Waals surface area (Å²) >= 11 is 0. The van der Waals surface area contributed by atoms with Gasteiger partial charge in [0.15, 0.2) is 17.9 Å². The summed E-state index contributed by atoms with van der Waals surface area (Å²) in [6.45, 7) is 10.9. The zero-order valence-corrected chi connectivity index (χ0v) is 16.8. The third kappa shape index (κ3) is 4.48. The molecule has 0 aliphatic carbocycles. The Balaban J connectivity index is 1.33. The minimum atomic E-state index is -0.725. The molecule has 2 unspecified atom stereocenters. The van der Waals surface area contributed by atoms with Crippen LogP contribution >= 0.6 is 0 Å². The minimum absolute atomic E-state index is 0.273. The maximum atomic E-state index is 10.2. The van der Waals surface area contributed by atoms with E-state index in [1.54, 1.807) is 0 Å². The zero-order valence-electron chi connectivity index (χ0n) is 16.8. The number of aliphatic hydroxyl groups excluding tert-OH is 1.